The van der Waals surface area contributed by atoms with E-state index in [9.17, 15) is 4.79 Å². The lowest BCUT2D eigenvalue weighted by atomic mass is 10.1. The molecule has 1 aromatic rings. The van der Waals surface area contributed by atoms with Crippen molar-refractivity contribution in [3.63, 3.8) is 0 Å². The molecule has 0 aliphatic rings. The van der Waals surface area contributed by atoms with Gasteiger partial charge in [-0.3, -0.25) is 9.69 Å². The van der Waals surface area contributed by atoms with Crippen molar-refractivity contribution in [3.05, 3.63) is 35.9 Å². The summed E-state index contributed by atoms with van der Waals surface area (Å²) in [5.74, 6) is -0.0627. The van der Waals surface area contributed by atoms with Gasteiger partial charge in [-0.2, -0.15) is 0 Å². The minimum atomic E-state index is -0.581. The lowest BCUT2D eigenvalue weighted by Gasteiger charge is -2.15. The summed E-state index contributed by atoms with van der Waals surface area (Å²) in [5, 5.41) is 0. The molecule has 0 spiro atoms. The number of hydrogen-bond donors (Lipinski definition) is 0. The Labute approximate surface area is 83.1 Å². The third-order valence-corrected chi connectivity index (χ3v) is 2.32. The molecule has 1 aromatic carbocycles. The average Bonchev–Trinajstić information content (AvgIpc) is 2.17. The van der Waals surface area contributed by atoms with Gasteiger partial charge < -0.3 is 0 Å². The molecule has 1 rings (SSSR count). The van der Waals surface area contributed by atoms with Crippen molar-refractivity contribution < 1.29 is 4.79 Å². The highest BCUT2D eigenvalue weighted by Crippen LogP contribution is 2.09. The summed E-state index contributed by atoms with van der Waals surface area (Å²) >= 11 is 5.88. The molecule has 0 fully saturated rings. The van der Waals surface area contributed by atoms with E-state index in [1.54, 1.807) is 31.1 Å². The summed E-state index contributed by atoms with van der Waals surface area (Å²) in [5.41, 5.74) is 0.0681. The van der Waals surface area contributed by atoms with Gasteiger partial charge in [-0.1, -0.05) is 41.9 Å². The number of halogens is 1. The SMILES string of the molecule is CN(C)C(Cl)C(=O)c1ccccc1. The molecule has 2 nitrogen and oxygen atoms in total. The summed E-state index contributed by atoms with van der Waals surface area (Å²) < 4.78 is 0. The normalized spacial score (nSPS) is 12.9. The van der Waals surface area contributed by atoms with Crippen LogP contribution in [0.1, 0.15) is 10.4 Å². The second kappa shape index (κ2) is 4.40. The zero-order valence-corrected chi connectivity index (χ0v) is 8.45. The number of rotatable bonds is 3. The van der Waals surface area contributed by atoms with Crippen molar-refractivity contribution >= 4 is 17.4 Å². The molecule has 0 aliphatic carbocycles. The lowest BCUT2D eigenvalue weighted by molar-refractivity contribution is 0.0933. The highest BCUT2D eigenvalue weighted by atomic mass is 35.5. The Morgan fingerprint density at radius 2 is 1.85 bits per heavy atom. The highest BCUT2D eigenvalue weighted by Gasteiger charge is 2.18. The van der Waals surface area contributed by atoms with Crippen LogP contribution in [-0.2, 0) is 0 Å². The van der Waals surface area contributed by atoms with Crippen LogP contribution >= 0.6 is 11.6 Å². The summed E-state index contributed by atoms with van der Waals surface area (Å²) in [6.07, 6.45) is 0. The van der Waals surface area contributed by atoms with Crippen LogP contribution in [0.5, 0.6) is 0 Å². The number of likely N-dealkylation sites (N-methyl/N-ethyl adjacent to an activating group) is 1. The first-order chi connectivity index (χ1) is 6.13. The van der Waals surface area contributed by atoms with Crippen molar-refractivity contribution in [2.75, 3.05) is 14.1 Å². The maximum absolute atomic E-state index is 11.6. The van der Waals surface area contributed by atoms with E-state index in [1.165, 1.54) is 0 Å². The van der Waals surface area contributed by atoms with Crippen molar-refractivity contribution in [3.8, 4) is 0 Å². The van der Waals surface area contributed by atoms with Gasteiger partial charge in [-0.15, -0.1) is 0 Å². The summed E-state index contributed by atoms with van der Waals surface area (Å²) in [4.78, 5) is 13.3. The Balaban J connectivity index is 2.80. The number of Topliss-reactive ketones (excluding diaryl/α,β-unsaturated/α-hetero) is 1. The Morgan fingerprint density at radius 1 is 1.31 bits per heavy atom. The molecule has 0 heterocycles. The zero-order chi connectivity index (χ0) is 9.84. The Hall–Kier alpha value is -0.860. The second-order valence-electron chi connectivity index (χ2n) is 3.03. The smallest absolute Gasteiger partial charge is 0.195 e. The Bertz CT molecular complexity index is 284. The number of carbonyl (C=O) groups excluding carboxylic acids is 1. The largest absolute Gasteiger partial charge is 0.291 e. The van der Waals surface area contributed by atoms with Crippen LogP contribution in [0.3, 0.4) is 0 Å². The Kier molecular flexibility index (Phi) is 3.46. The fourth-order valence-electron chi connectivity index (χ4n) is 0.974. The molecule has 0 aliphatic heterocycles. The number of hydrogen-bond acceptors (Lipinski definition) is 2. The zero-order valence-electron chi connectivity index (χ0n) is 7.70. The molecule has 3 heteroatoms. The van der Waals surface area contributed by atoms with Gasteiger partial charge in [-0.25, -0.2) is 0 Å². The monoisotopic (exact) mass is 197 g/mol. The van der Waals surface area contributed by atoms with Crippen molar-refractivity contribution in [1.29, 1.82) is 0 Å². The van der Waals surface area contributed by atoms with Crippen molar-refractivity contribution in [2.24, 2.45) is 0 Å². The van der Waals surface area contributed by atoms with Crippen molar-refractivity contribution in [1.82, 2.24) is 4.90 Å². The Morgan fingerprint density at radius 3 is 2.31 bits per heavy atom. The topological polar surface area (TPSA) is 20.3 Å². The molecular weight excluding hydrogens is 186 g/mol. The molecule has 0 radical (unpaired) electrons. The molecule has 0 N–H and O–H groups in total. The van der Waals surface area contributed by atoms with Gasteiger partial charge in [0.05, 0.1) is 0 Å². The molecule has 70 valence electrons. The summed E-state index contributed by atoms with van der Waals surface area (Å²) in [6.45, 7) is 0. The van der Waals surface area contributed by atoms with Gasteiger partial charge in [0.1, 0.15) is 5.50 Å². The van der Waals surface area contributed by atoms with Crippen LogP contribution in [0.25, 0.3) is 0 Å². The van der Waals surface area contributed by atoms with Gasteiger partial charge in [0.25, 0.3) is 0 Å². The number of ketones is 1. The molecule has 1 atom stereocenters. The molecule has 0 amide bonds. The van der Waals surface area contributed by atoms with E-state index < -0.39 is 5.50 Å². The quantitative estimate of drug-likeness (QED) is 0.420. The highest BCUT2D eigenvalue weighted by molar-refractivity contribution is 6.33. The van der Waals surface area contributed by atoms with Crippen molar-refractivity contribution in [2.45, 2.75) is 5.50 Å². The van der Waals surface area contributed by atoms with Crippen LogP contribution in [0.15, 0.2) is 30.3 Å². The van der Waals surface area contributed by atoms with Gasteiger partial charge >= 0.3 is 0 Å². The molecule has 0 aromatic heterocycles. The number of carbonyl (C=O) groups is 1. The minimum absolute atomic E-state index is 0.0627. The van der Waals surface area contributed by atoms with Gasteiger partial charge in [0.15, 0.2) is 5.78 Å². The third-order valence-electron chi connectivity index (χ3n) is 1.73. The predicted molar refractivity (Wildman–Crippen MR) is 54.1 cm³/mol. The maximum atomic E-state index is 11.6. The molecule has 1 unspecified atom stereocenters. The molecule has 0 bridgehead atoms. The predicted octanol–water partition coefficient (Wildman–Crippen LogP) is 2.00. The van der Waals surface area contributed by atoms with Gasteiger partial charge in [-0.05, 0) is 14.1 Å². The summed E-state index contributed by atoms with van der Waals surface area (Å²) in [6, 6.07) is 9.05. The fourth-order valence-corrected chi connectivity index (χ4v) is 1.10. The first-order valence-electron chi connectivity index (χ1n) is 4.02. The third kappa shape index (κ3) is 2.54. The number of benzene rings is 1. The van der Waals surface area contributed by atoms with Crippen LogP contribution in [0.2, 0.25) is 0 Å². The molecule has 0 saturated carbocycles. The van der Waals surface area contributed by atoms with E-state index in [-0.39, 0.29) is 5.78 Å². The van der Waals surface area contributed by atoms with E-state index in [4.69, 9.17) is 11.6 Å². The van der Waals surface area contributed by atoms with E-state index in [1.807, 2.05) is 18.2 Å². The minimum Gasteiger partial charge on any atom is -0.291 e. The average molecular weight is 198 g/mol. The van der Waals surface area contributed by atoms with E-state index in [0.717, 1.165) is 0 Å². The van der Waals surface area contributed by atoms with Gasteiger partial charge in [0, 0.05) is 5.56 Å². The van der Waals surface area contributed by atoms with Gasteiger partial charge in [0.2, 0.25) is 0 Å². The first kappa shape index (κ1) is 10.2. The fraction of sp³-hybridized carbons (Fsp3) is 0.300. The summed E-state index contributed by atoms with van der Waals surface area (Å²) in [7, 11) is 3.55. The maximum Gasteiger partial charge on any atom is 0.195 e. The molecule has 0 saturated heterocycles. The second-order valence-corrected chi connectivity index (χ2v) is 3.44. The first-order valence-corrected chi connectivity index (χ1v) is 4.46. The van der Waals surface area contributed by atoms with Crippen LogP contribution < -0.4 is 0 Å². The van der Waals surface area contributed by atoms with E-state index in [0.29, 0.717) is 5.56 Å². The van der Waals surface area contributed by atoms with E-state index >= 15 is 0 Å². The van der Waals surface area contributed by atoms with E-state index in [2.05, 4.69) is 0 Å². The molecular formula is C10H12ClNO. The standard InChI is InChI=1S/C10H12ClNO/c1-12(2)10(11)9(13)8-6-4-3-5-7-8/h3-7,10H,1-2H3. The molecule has 13 heavy (non-hydrogen) atoms. The lowest BCUT2D eigenvalue weighted by Crippen LogP contribution is -2.30. The van der Waals surface area contributed by atoms with Crippen LogP contribution in [0, 0.1) is 0 Å². The number of nitrogens with zero attached hydrogens (tertiary/aromatic N) is 1. The number of alkyl halides is 1. The van der Waals surface area contributed by atoms with Crippen LogP contribution in [-0.4, -0.2) is 30.3 Å². The van der Waals surface area contributed by atoms with Crippen LogP contribution in [0.4, 0.5) is 0 Å².